The summed E-state index contributed by atoms with van der Waals surface area (Å²) < 4.78 is 11.1. The van der Waals surface area contributed by atoms with Gasteiger partial charge in [0.1, 0.15) is 13.2 Å². The molecule has 0 spiro atoms. The second-order valence-corrected chi connectivity index (χ2v) is 6.26. The molecule has 0 saturated carbocycles. The highest BCUT2D eigenvalue weighted by molar-refractivity contribution is 5.85. The van der Waals surface area contributed by atoms with Crippen LogP contribution in [0.25, 0.3) is 0 Å². The van der Waals surface area contributed by atoms with Gasteiger partial charge in [0.25, 0.3) is 0 Å². The summed E-state index contributed by atoms with van der Waals surface area (Å²) in [6, 6.07) is 5.91. The third kappa shape index (κ3) is 4.09. The van der Waals surface area contributed by atoms with Gasteiger partial charge < -0.3 is 20.1 Å². The number of fused-ring (bicyclic) bond motifs is 1. The zero-order chi connectivity index (χ0) is 15.5. The van der Waals surface area contributed by atoms with Crippen LogP contribution in [0.5, 0.6) is 11.5 Å². The Morgan fingerprint density at radius 3 is 2.78 bits per heavy atom. The summed E-state index contributed by atoms with van der Waals surface area (Å²) in [6.07, 6.45) is 2.45. The molecule has 0 bridgehead atoms. The number of piperidine rings is 1. The lowest BCUT2D eigenvalue weighted by Crippen LogP contribution is -2.49. The van der Waals surface area contributed by atoms with E-state index >= 15 is 0 Å². The molecular weight excluding hydrogens is 316 g/mol. The van der Waals surface area contributed by atoms with Crippen molar-refractivity contribution in [3.05, 3.63) is 23.8 Å². The van der Waals surface area contributed by atoms with Gasteiger partial charge in [-0.05, 0) is 36.5 Å². The fraction of sp³-hybridized carbons (Fsp3) is 0.588. The third-order valence-corrected chi connectivity index (χ3v) is 4.53. The number of hydrogen-bond acceptors (Lipinski definition) is 4. The minimum Gasteiger partial charge on any atom is -0.486 e. The number of halogens is 1. The van der Waals surface area contributed by atoms with Gasteiger partial charge in [0, 0.05) is 19.1 Å². The number of ether oxygens (including phenoxy) is 2. The van der Waals surface area contributed by atoms with E-state index in [1.807, 2.05) is 23.1 Å². The first-order valence-corrected chi connectivity index (χ1v) is 8.05. The summed E-state index contributed by atoms with van der Waals surface area (Å²) in [5, 5.41) is 0. The normalized spacial score (nSPS) is 23.1. The summed E-state index contributed by atoms with van der Waals surface area (Å²) in [5.74, 6) is 2.29. The van der Waals surface area contributed by atoms with E-state index in [1.165, 1.54) is 0 Å². The molecule has 2 unspecified atom stereocenters. The van der Waals surface area contributed by atoms with E-state index in [9.17, 15) is 4.79 Å². The van der Waals surface area contributed by atoms with Crippen molar-refractivity contribution < 1.29 is 14.3 Å². The summed E-state index contributed by atoms with van der Waals surface area (Å²) >= 11 is 0. The largest absolute Gasteiger partial charge is 0.486 e. The average molecular weight is 341 g/mol. The molecule has 0 aliphatic carbocycles. The molecule has 1 aromatic rings. The lowest BCUT2D eigenvalue weighted by Gasteiger charge is -2.38. The molecule has 3 rings (SSSR count). The zero-order valence-electron chi connectivity index (χ0n) is 13.5. The Labute approximate surface area is 143 Å². The lowest BCUT2D eigenvalue weighted by atomic mass is 9.92. The molecular formula is C17H25ClN2O3. The first-order chi connectivity index (χ1) is 10.7. The van der Waals surface area contributed by atoms with Gasteiger partial charge in [-0.1, -0.05) is 13.0 Å². The van der Waals surface area contributed by atoms with E-state index in [0.717, 1.165) is 36.4 Å². The highest BCUT2D eigenvalue weighted by Gasteiger charge is 2.28. The van der Waals surface area contributed by atoms with Crippen LogP contribution in [0.4, 0.5) is 0 Å². The predicted octanol–water partition coefficient (Wildman–Crippen LogP) is 2.01. The van der Waals surface area contributed by atoms with Gasteiger partial charge in [0.15, 0.2) is 11.5 Å². The zero-order valence-corrected chi connectivity index (χ0v) is 14.3. The Morgan fingerprint density at radius 1 is 1.30 bits per heavy atom. The van der Waals surface area contributed by atoms with Crippen LogP contribution in [-0.2, 0) is 11.2 Å². The number of nitrogens with zero attached hydrogens (tertiary/aromatic N) is 1. The maximum absolute atomic E-state index is 12.6. The molecule has 2 aliphatic rings. The topological polar surface area (TPSA) is 64.8 Å². The Hall–Kier alpha value is -1.46. The molecule has 1 fully saturated rings. The monoisotopic (exact) mass is 340 g/mol. The molecule has 2 atom stereocenters. The van der Waals surface area contributed by atoms with Crippen molar-refractivity contribution in [3.63, 3.8) is 0 Å². The van der Waals surface area contributed by atoms with Crippen LogP contribution in [0.15, 0.2) is 18.2 Å². The van der Waals surface area contributed by atoms with Gasteiger partial charge in [-0.2, -0.15) is 0 Å². The summed E-state index contributed by atoms with van der Waals surface area (Å²) in [4.78, 5) is 14.6. The molecule has 1 aromatic carbocycles. The minimum absolute atomic E-state index is 0. The number of amides is 1. The van der Waals surface area contributed by atoms with Crippen molar-refractivity contribution in [1.82, 2.24) is 4.90 Å². The molecule has 1 saturated heterocycles. The number of likely N-dealkylation sites (tertiary alicyclic amines) is 1. The van der Waals surface area contributed by atoms with Gasteiger partial charge in [0.2, 0.25) is 5.91 Å². The van der Waals surface area contributed by atoms with Crippen molar-refractivity contribution in [1.29, 1.82) is 0 Å². The minimum atomic E-state index is 0. The Morgan fingerprint density at radius 2 is 2.04 bits per heavy atom. The standard InChI is InChI=1S/C17H24N2O3.ClH/c1-12-4-5-19(14(8-12)11-18)17(20)10-13-2-3-15-16(9-13)22-7-6-21-15;/h2-3,9,12,14H,4-8,10-11,18H2,1H3;1H. The first-order valence-electron chi connectivity index (χ1n) is 8.05. The number of carbonyl (C=O) groups excluding carboxylic acids is 1. The van der Waals surface area contributed by atoms with Crippen molar-refractivity contribution in [2.24, 2.45) is 11.7 Å². The summed E-state index contributed by atoms with van der Waals surface area (Å²) in [6.45, 7) is 4.72. The van der Waals surface area contributed by atoms with E-state index in [0.29, 0.717) is 32.1 Å². The number of benzene rings is 1. The Bertz CT molecular complexity index is 553. The van der Waals surface area contributed by atoms with E-state index in [1.54, 1.807) is 0 Å². The average Bonchev–Trinajstić information content (AvgIpc) is 2.54. The van der Waals surface area contributed by atoms with E-state index < -0.39 is 0 Å². The molecule has 23 heavy (non-hydrogen) atoms. The van der Waals surface area contributed by atoms with Crippen LogP contribution in [0.3, 0.4) is 0 Å². The third-order valence-electron chi connectivity index (χ3n) is 4.53. The van der Waals surface area contributed by atoms with E-state index in [4.69, 9.17) is 15.2 Å². The van der Waals surface area contributed by atoms with Crippen LogP contribution in [0.2, 0.25) is 0 Å². The lowest BCUT2D eigenvalue weighted by molar-refractivity contribution is -0.134. The van der Waals surface area contributed by atoms with E-state index in [2.05, 4.69) is 6.92 Å². The van der Waals surface area contributed by atoms with Gasteiger partial charge in [-0.25, -0.2) is 0 Å². The SMILES string of the molecule is CC1CCN(C(=O)Cc2ccc3c(c2)OCCO3)C(CN)C1.Cl. The molecule has 1 amide bonds. The molecule has 2 aliphatic heterocycles. The van der Waals surface area contributed by atoms with Crippen LogP contribution >= 0.6 is 12.4 Å². The molecule has 5 nitrogen and oxygen atoms in total. The number of hydrogen-bond donors (Lipinski definition) is 1. The summed E-state index contributed by atoms with van der Waals surface area (Å²) in [7, 11) is 0. The maximum Gasteiger partial charge on any atom is 0.227 e. The molecule has 2 N–H and O–H groups in total. The van der Waals surface area contributed by atoms with Crippen molar-refractivity contribution >= 4 is 18.3 Å². The molecule has 128 valence electrons. The quantitative estimate of drug-likeness (QED) is 0.914. The van der Waals surface area contributed by atoms with Crippen LogP contribution in [0.1, 0.15) is 25.3 Å². The second kappa shape index (κ2) is 7.88. The smallest absolute Gasteiger partial charge is 0.227 e. The van der Waals surface area contributed by atoms with Gasteiger partial charge in [-0.15, -0.1) is 12.4 Å². The molecule has 2 heterocycles. The highest BCUT2D eigenvalue weighted by atomic mass is 35.5. The Kier molecular flexibility index (Phi) is 6.13. The number of carbonyl (C=O) groups is 1. The fourth-order valence-electron chi connectivity index (χ4n) is 3.28. The van der Waals surface area contributed by atoms with Gasteiger partial charge in [0.05, 0.1) is 6.42 Å². The number of nitrogens with two attached hydrogens (primary N) is 1. The van der Waals surface area contributed by atoms with Crippen molar-refractivity contribution in [2.75, 3.05) is 26.3 Å². The number of rotatable bonds is 3. The second-order valence-electron chi connectivity index (χ2n) is 6.26. The van der Waals surface area contributed by atoms with Crippen LogP contribution < -0.4 is 15.2 Å². The van der Waals surface area contributed by atoms with Gasteiger partial charge >= 0.3 is 0 Å². The molecule has 0 radical (unpaired) electrons. The summed E-state index contributed by atoms with van der Waals surface area (Å²) in [5.41, 5.74) is 6.81. The van der Waals surface area contributed by atoms with Crippen LogP contribution in [-0.4, -0.2) is 43.2 Å². The van der Waals surface area contributed by atoms with Gasteiger partial charge in [-0.3, -0.25) is 4.79 Å². The molecule has 0 aromatic heterocycles. The van der Waals surface area contributed by atoms with E-state index in [-0.39, 0.29) is 24.4 Å². The van der Waals surface area contributed by atoms with Crippen molar-refractivity contribution in [3.8, 4) is 11.5 Å². The first kappa shape index (κ1) is 17.9. The van der Waals surface area contributed by atoms with Crippen LogP contribution in [0, 0.1) is 5.92 Å². The van der Waals surface area contributed by atoms with Crippen molar-refractivity contribution in [2.45, 2.75) is 32.2 Å². The maximum atomic E-state index is 12.6. The highest BCUT2D eigenvalue weighted by Crippen LogP contribution is 2.31. The molecule has 6 heteroatoms. The fourth-order valence-corrected chi connectivity index (χ4v) is 3.28. The predicted molar refractivity (Wildman–Crippen MR) is 91.3 cm³/mol. The Balaban J connectivity index is 0.00000192.